The van der Waals surface area contributed by atoms with Gasteiger partial charge in [-0.05, 0) is 24.3 Å². The molecule has 3 N–H and O–H groups in total. The highest BCUT2D eigenvalue weighted by Gasteiger charge is 2.35. The van der Waals surface area contributed by atoms with Crippen LogP contribution in [-0.2, 0) is 14.3 Å². The minimum atomic E-state index is -0.680. The van der Waals surface area contributed by atoms with Gasteiger partial charge in [-0.2, -0.15) is 0 Å². The molecule has 3 rings (SSSR count). The number of amides is 2. The van der Waals surface area contributed by atoms with E-state index >= 15 is 0 Å². The lowest BCUT2D eigenvalue weighted by atomic mass is 10.1. The summed E-state index contributed by atoms with van der Waals surface area (Å²) in [4.78, 5) is 39.2. The first kappa shape index (κ1) is 22.6. The molecule has 0 fully saturated rings. The average Bonchev–Trinajstić information content (AvgIpc) is 3.06. The summed E-state index contributed by atoms with van der Waals surface area (Å²) in [6, 6.07) is 11.3. The van der Waals surface area contributed by atoms with Crippen molar-refractivity contribution in [2.24, 2.45) is 0 Å². The molecule has 2 aromatic carbocycles. The van der Waals surface area contributed by atoms with E-state index in [2.05, 4.69) is 10.6 Å². The van der Waals surface area contributed by atoms with Gasteiger partial charge in [-0.1, -0.05) is 41.4 Å². The summed E-state index contributed by atoms with van der Waals surface area (Å²) in [6.45, 7) is -0.222. The lowest BCUT2D eigenvalue weighted by Gasteiger charge is -2.16. The fraction of sp³-hybridized carbons (Fsp3) is 0.190. The van der Waals surface area contributed by atoms with Crippen molar-refractivity contribution >= 4 is 52.4 Å². The number of rotatable bonds is 7. The van der Waals surface area contributed by atoms with Crippen molar-refractivity contribution in [3.63, 3.8) is 0 Å². The monoisotopic (exact) mass is 463 g/mol. The SMILES string of the molecule is COC(=O)C1=C(Nc2ccccc2C(=O)Nc2c(Cl)cccc2Cl)C(=O)N(CCO)C1. The first-order valence-corrected chi connectivity index (χ1v) is 9.96. The summed E-state index contributed by atoms with van der Waals surface area (Å²) >= 11 is 12.3. The highest BCUT2D eigenvalue weighted by molar-refractivity contribution is 6.40. The summed E-state index contributed by atoms with van der Waals surface area (Å²) < 4.78 is 4.77. The molecule has 0 unspecified atom stereocenters. The number of nitrogens with one attached hydrogen (secondary N) is 2. The summed E-state index contributed by atoms with van der Waals surface area (Å²) in [7, 11) is 1.21. The van der Waals surface area contributed by atoms with Gasteiger partial charge < -0.3 is 25.4 Å². The van der Waals surface area contributed by atoms with Gasteiger partial charge in [-0.25, -0.2) is 4.79 Å². The molecule has 2 aromatic rings. The van der Waals surface area contributed by atoms with E-state index in [1.54, 1.807) is 42.5 Å². The summed E-state index contributed by atoms with van der Waals surface area (Å²) in [5.41, 5.74) is 0.829. The first-order chi connectivity index (χ1) is 14.9. The quantitative estimate of drug-likeness (QED) is 0.544. The largest absolute Gasteiger partial charge is 0.466 e. The zero-order chi connectivity index (χ0) is 22.5. The number of nitrogens with zero attached hydrogens (tertiary/aromatic N) is 1. The maximum Gasteiger partial charge on any atom is 0.337 e. The number of carbonyl (C=O) groups is 3. The Morgan fingerprint density at radius 3 is 2.45 bits per heavy atom. The van der Waals surface area contributed by atoms with Gasteiger partial charge in [0.15, 0.2) is 0 Å². The predicted molar refractivity (Wildman–Crippen MR) is 117 cm³/mol. The van der Waals surface area contributed by atoms with E-state index in [9.17, 15) is 19.5 Å². The highest BCUT2D eigenvalue weighted by Crippen LogP contribution is 2.31. The number of hydrogen-bond acceptors (Lipinski definition) is 6. The molecule has 162 valence electrons. The fourth-order valence-corrected chi connectivity index (χ4v) is 3.56. The maximum absolute atomic E-state index is 12.9. The molecule has 0 radical (unpaired) electrons. The number of para-hydroxylation sites is 2. The molecule has 31 heavy (non-hydrogen) atoms. The van der Waals surface area contributed by atoms with E-state index in [4.69, 9.17) is 27.9 Å². The van der Waals surface area contributed by atoms with Crippen LogP contribution in [0.15, 0.2) is 53.7 Å². The molecular formula is C21H19Cl2N3O5. The molecular weight excluding hydrogens is 445 g/mol. The van der Waals surface area contributed by atoms with Crippen LogP contribution in [0.2, 0.25) is 10.0 Å². The van der Waals surface area contributed by atoms with Crippen LogP contribution in [-0.4, -0.2) is 54.6 Å². The van der Waals surface area contributed by atoms with Gasteiger partial charge in [-0.3, -0.25) is 9.59 Å². The number of benzene rings is 2. The van der Waals surface area contributed by atoms with Gasteiger partial charge >= 0.3 is 5.97 Å². The second kappa shape index (κ2) is 9.82. The third-order valence-electron chi connectivity index (χ3n) is 4.59. The number of ether oxygens (including phenoxy) is 1. The van der Waals surface area contributed by atoms with E-state index in [0.717, 1.165) is 0 Å². The molecule has 0 atom stereocenters. The van der Waals surface area contributed by atoms with Crippen LogP contribution in [0.3, 0.4) is 0 Å². The van der Waals surface area contributed by atoms with Gasteiger partial charge in [0.1, 0.15) is 5.70 Å². The molecule has 1 aliphatic rings. The Kier molecular flexibility index (Phi) is 7.17. The standard InChI is InChI=1S/C21H19Cl2N3O5/c1-31-21(30)13-11-26(9-10-27)20(29)17(13)24-16-8-3-2-5-12(16)19(28)25-18-14(22)6-4-7-15(18)23/h2-8,24,27H,9-11H2,1H3,(H,25,28). The number of carbonyl (C=O) groups excluding carboxylic acids is 3. The summed E-state index contributed by atoms with van der Waals surface area (Å²) in [6.07, 6.45) is 0. The molecule has 0 saturated carbocycles. The van der Waals surface area contributed by atoms with Gasteiger partial charge in [0.25, 0.3) is 11.8 Å². The molecule has 2 amide bonds. The minimum absolute atomic E-state index is 0.0159. The topological polar surface area (TPSA) is 108 Å². The number of esters is 1. The van der Waals surface area contributed by atoms with E-state index in [1.807, 2.05) is 0 Å². The van der Waals surface area contributed by atoms with Crippen LogP contribution in [0.4, 0.5) is 11.4 Å². The van der Waals surface area contributed by atoms with Gasteiger partial charge in [-0.15, -0.1) is 0 Å². The number of hydrogen-bond donors (Lipinski definition) is 3. The molecule has 0 aliphatic carbocycles. The van der Waals surface area contributed by atoms with E-state index < -0.39 is 17.8 Å². The van der Waals surface area contributed by atoms with Crippen molar-refractivity contribution in [2.75, 3.05) is 37.4 Å². The van der Waals surface area contributed by atoms with Crippen LogP contribution in [0.1, 0.15) is 10.4 Å². The molecule has 10 heteroatoms. The van der Waals surface area contributed by atoms with Crippen molar-refractivity contribution in [1.82, 2.24) is 4.90 Å². The molecule has 0 aromatic heterocycles. The Morgan fingerprint density at radius 2 is 1.81 bits per heavy atom. The van der Waals surface area contributed by atoms with Crippen molar-refractivity contribution in [1.29, 1.82) is 0 Å². The Hall–Kier alpha value is -3.07. The molecule has 0 spiro atoms. The van der Waals surface area contributed by atoms with Gasteiger partial charge in [0.2, 0.25) is 0 Å². The predicted octanol–water partition coefficient (Wildman–Crippen LogP) is 2.92. The Labute approximate surface area is 188 Å². The molecule has 0 bridgehead atoms. The Morgan fingerprint density at radius 1 is 1.13 bits per heavy atom. The van der Waals surface area contributed by atoms with Crippen molar-refractivity contribution in [2.45, 2.75) is 0 Å². The van der Waals surface area contributed by atoms with Crippen molar-refractivity contribution in [3.8, 4) is 0 Å². The smallest absolute Gasteiger partial charge is 0.337 e. The van der Waals surface area contributed by atoms with Crippen molar-refractivity contribution < 1.29 is 24.2 Å². The Balaban J connectivity index is 1.93. The minimum Gasteiger partial charge on any atom is -0.466 e. The van der Waals surface area contributed by atoms with E-state index in [0.29, 0.717) is 5.69 Å². The van der Waals surface area contributed by atoms with Gasteiger partial charge in [0, 0.05) is 6.54 Å². The van der Waals surface area contributed by atoms with Crippen LogP contribution < -0.4 is 10.6 Å². The van der Waals surface area contributed by atoms with Crippen LogP contribution in [0.5, 0.6) is 0 Å². The number of aliphatic hydroxyl groups is 1. The zero-order valence-corrected chi connectivity index (χ0v) is 18.0. The van der Waals surface area contributed by atoms with E-state index in [-0.39, 0.29) is 52.3 Å². The Bertz CT molecular complexity index is 1050. The fourth-order valence-electron chi connectivity index (χ4n) is 3.07. The first-order valence-electron chi connectivity index (χ1n) is 9.20. The average molecular weight is 464 g/mol. The lowest BCUT2D eigenvalue weighted by Crippen LogP contribution is -2.31. The van der Waals surface area contributed by atoms with Crippen molar-refractivity contribution in [3.05, 3.63) is 69.3 Å². The third kappa shape index (κ3) is 4.82. The van der Waals surface area contributed by atoms with Crippen LogP contribution >= 0.6 is 23.2 Å². The highest BCUT2D eigenvalue weighted by atomic mass is 35.5. The van der Waals surface area contributed by atoms with Crippen LogP contribution in [0.25, 0.3) is 0 Å². The van der Waals surface area contributed by atoms with Gasteiger partial charge in [0.05, 0.1) is 52.8 Å². The molecule has 8 nitrogen and oxygen atoms in total. The maximum atomic E-state index is 12.9. The number of methoxy groups -OCH3 is 1. The summed E-state index contributed by atoms with van der Waals surface area (Å²) in [5.74, 6) is -1.68. The zero-order valence-electron chi connectivity index (χ0n) is 16.4. The molecule has 1 aliphatic heterocycles. The number of β-amino-alcohol motifs (C(OH)–C–C–N with tert-alkyl or cyclic N) is 1. The second-order valence-corrected chi connectivity index (χ2v) is 7.33. The molecule has 1 heterocycles. The van der Waals surface area contributed by atoms with Crippen LogP contribution in [0, 0.1) is 0 Å². The number of halogens is 2. The lowest BCUT2D eigenvalue weighted by molar-refractivity contribution is -0.136. The molecule has 0 saturated heterocycles. The summed E-state index contributed by atoms with van der Waals surface area (Å²) in [5, 5.41) is 15.3. The van der Waals surface area contributed by atoms with E-state index in [1.165, 1.54) is 12.0 Å². The third-order valence-corrected chi connectivity index (χ3v) is 5.22. The number of aliphatic hydroxyl groups excluding tert-OH is 1. The number of anilines is 2. The second-order valence-electron chi connectivity index (χ2n) is 6.52. The normalized spacial score (nSPS) is 13.4.